The molecule has 0 N–H and O–H groups in total. The van der Waals surface area contributed by atoms with Crippen molar-refractivity contribution in [2.24, 2.45) is 0 Å². The lowest BCUT2D eigenvalue weighted by Crippen LogP contribution is -2.59. The number of fused-ring (bicyclic) bond motifs is 1. The molecule has 0 saturated carbocycles. The number of esters is 1. The van der Waals surface area contributed by atoms with Crippen molar-refractivity contribution in [2.45, 2.75) is 65.0 Å². The Hall–Kier alpha value is -3.23. The van der Waals surface area contributed by atoms with Crippen molar-refractivity contribution < 1.29 is 33.0 Å². The number of carbonyl (C=O) groups excluding carboxylic acids is 4. The molecule has 1 aromatic carbocycles. The summed E-state index contributed by atoms with van der Waals surface area (Å²) >= 11 is 0. The third-order valence-corrected chi connectivity index (χ3v) is 6.11. The van der Waals surface area contributed by atoms with Gasteiger partial charge in [0, 0.05) is 17.2 Å². The topological polar surface area (TPSA) is 93.2 Å². The molecule has 1 aromatic rings. The summed E-state index contributed by atoms with van der Waals surface area (Å²) in [5.41, 5.74) is -0.784. The maximum Gasteiger partial charge on any atom is 0.331 e. The fourth-order valence-corrected chi connectivity index (χ4v) is 4.45. The van der Waals surface area contributed by atoms with Crippen LogP contribution in [0.3, 0.4) is 0 Å². The zero-order valence-electron chi connectivity index (χ0n) is 18.5. The fourth-order valence-electron chi connectivity index (χ4n) is 4.45. The Kier molecular flexibility index (Phi) is 5.30. The second-order valence-corrected chi connectivity index (χ2v) is 8.59. The molecule has 170 valence electrons. The highest BCUT2D eigenvalue weighted by molar-refractivity contribution is 6.33. The van der Waals surface area contributed by atoms with Crippen LogP contribution in [0.1, 0.15) is 53.4 Å². The highest BCUT2D eigenvalue weighted by atomic mass is 19.1. The van der Waals surface area contributed by atoms with Crippen LogP contribution in [-0.4, -0.2) is 41.9 Å². The lowest BCUT2D eigenvalue weighted by Gasteiger charge is -2.41. The molecule has 32 heavy (non-hydrogen) atoms. The van der Waals surface area contributed by atoms with Crippen molar-refractivity contribution in [3.05, 3.63) is 29.1 Å². The maximum atomic E-state index is 15.1. The van der Waals surface area contributed by atoms with E-state index in [-0.39, 0.29) is 23.7 Å². The molecule has 0 fully saturated rings. The second-order valence-electron chi connectivity index (χ2n) is 8.59. The van der Waals surface area contributed by atoms with E-state index in [9.17, 15) is 19.2 Å². The Morgan fingerprint density at radius 1 is 1.12 bits per heavy atom. The van der Waals surface area contributed by atoms with Crippen LogP contribution in [0.2, 0.25) is 0 Å². The molecular weight excluding hydrogens is 419 g/mol. The number of imide groups is 1. The second kappa shape index (κ2) is 7.72. The molecule has 4 rings (SSSR count). The van der Waals surface area contributed by atoms with Crippen LogP contribution in [-0.2, 0) is 23.9 Å². The number of benzene rings is 1. The van der Waals surface area contributed by atoms with Gasteiger partial charge in [-0.2, -0.15) is 0 Å². The molecule has 0 aromatic heterocycles. The highest BCUT2D eigenvalue weighted by Gasteiger charge is 2.47. The van der Waals surface area contributed by atoms with E-state index in [0.717, 1.165) is 23.8 Å². The fraction of sp³-hybridized carbons (Fsp3) is 0.478. The van der Waals surface area contributed by atoms with Gasteiger partial charge in [-0.1, -0.05) is 0 Å². The number of hydrogen-bond acceptors (Lipinski definition) is 6. The number of nitrogens with zero attached hydrogens (tertiary/aromatic N) is 2. The van der Waals surface area contributed by atoms with Crippen LogP contribution in [0.25, 0.3) is 0 Å². The van der Waals surface area contributed by atoms with Gasteiger partial charge < -0.3 is 9.47 Å². The van der Waals surface area contributed by atoms with Gasteiger partial charge in [-0.05, 0) is 59.4 Å². The average Bonchev–Trinajstić information content (AvgIpc) is 2.99. The third kappa shape index (κ3) is 3.18. The molecule has 2 aliphatic heterocycles. The Bertz CT molecular complexity index is 1050. The smallest absolute Gasteiger partial charge is 0.331 e. The largest absolute Gasteiger partial charge is 0.479 e. The molecule has 3 amide bonds. The van der Waals surface area contributed by atoms with Crippen LogP contribution in [0, 0.1) is 5.82 Å². The SMILES string of the molecule is CCOC(=O)C(C)(C)N1C(=O)C(C)Oc2cc(F)c(N3C(=O)C4=C(CCCC4)C3=O)cc21. The number of halogens is 1. The van der Waals surface area contributed by atoms with E-state index in [1.165, 1.54) is 31.7 Å². The highest BCUT2D eigenvalue weighted by Crippen LogP contribution is 2.44. The summed E-state index contributed by atoms with van der Waals surface area (Å²) in [6.07, 6.45) is 1.57. The predicted octanol–water partition coefficient (Wildman–Crippen LogP) is 3.03. The van der Waals surface area contributed by atoms with Gasteiger partial charge >= 0.3 is 5.97 Å². The molecular formula is C23H25FN2O6. The normalized spacial score (nSPS) is 20.9. The summed E-state index contributed by atoms with van der Waals surface area (Å²) in [5, 5.41) is 0. The summed E-state index contributed by atoms with van der Waals surface area (Å²) in [7, 11) is 0. The zero-order chi connectivity index (χ0) is 23.4. The molecule has 2 heterocycles. The molecule has 8 nitrogen and oxygen atoms in total. The first-order valence-corrected chi connectivity index (χ1v) is 10.7. The predicted molar refractivity (Wildman–Crippen MR) is 113 cm³/mol. The molecule has 1 unspecified atom stereocenters. The lowest BCUT2D eigenvalue weighted by molar-refractivity contribution is -0.150. The molecule has 0 saturated heterocycles. The van der Waals surface area contributed by atoms with Gasteiger partial charge in [-0.25, -0.2) is 14.1 Å². The average molecular weight is 444 g/mol. The monoisotopic (exact) mass is 444 g/mol. The van der Waals surface area contributed by atoms with Crippen molar-refractivity contribution >= 4 is 35.1 Å². The van der Waals surface area contributed by atoms with Gasteiger partial charge in [0.2, 0.25) is 0 Å². The molecule has 0 radical (unpaired) electrons. The van der Waals surface area contributed by atoms with E-state index in [2.05, 4.69) is 0 Å². The summed E-state index contributed by atoms with van der Waals surface area (Å²) in [5.74, 6) is -3.06. The van der Waals surface area contributed by atoms with E-state index < -0.39 is 41.2 Å². The van der Waals surface area contributed by atoms with E-state index in [1.807, 2.05) is 0 Å². The minimum Gasteiger partial charge on any atom is -0.479 e. The summed E-state index contributed by atoms with van der Waals surface area (Å²) in [4.78, 5) is 53.6. The number of hydrogen-bond donors (Lipinski definition) is 0. The van der Waals surface area contributed by atoms with Gasteiger partial charge in [0.15, 0.2) is 11.9 Å². The van der Waals surface area contributed by atoms with Gasteiger partial charge in [0.1, 0.15) is 11.3 Å². The summed E-state index contributed by atoms with van der Waals surface area (Å²) < 4.78 is 25.9. The Balaban J connectivity index is 1.83. The molecule has 0 spiro atoms. The van der Waals surface area contributed by atoms with E-state index in [0.29, 0.717) is 24.0 Å². The van der Waals surface area contributed by atoms with Gasteiger partial charge in [0.05, 0.1) is 18.0 Å². The van der Waals surface area contributed by atoms with E-state index in [1.54, 1.807) is 6.92 Å². The molecule has 1 atom stereocenters. The minimum atomic E-state index is -1.44. The summed E-state index contributed by atoms with van der Waals surface area (Å²) in [6.45, 7) is 6.29. The van der Waals surface area contributed by atoms with Crippen LogP contribution in [0.5, 0.6) is 5.75 Å². The molecule has 9 heteroatoms. The summed E-state index contributed by atoms with van der Waals surface area (Å²) in [6, 6.07) is 2.27. The third-order valence-electron chi connectivity index (χ3n) is 6.11. The zero-order valence-corrected chi connectivity index (χ0v) is 18.5. The first-order valence-electron chi connectivity index (χ1n) is 10.7. The standard InChI is InChI=1S/C23H25FN2O6/c1-5-31-22(30)23(3,4)26-17-11-16(15(24)10-18(17)32-12(2)19(26)27)25-20(28)13-8-6-7-9-14(13)21(25)29/h10-12H,5-9H2,1-4H3. The van der Waals surface area contributed by atoms with Gasteiger partial charge in [0.25, 0.3) is 17.7 Å². The van der Waals surface area contributed by atoms with E-state index in [4.69, 9.17) is 9.47 Å². The molecule has 3 aliphatic rings. The first kappa shape index (κ1) is 22.0. The van der Waals surface area contributed by atoms with Crippen molar-refractivity contribution in [3.63, 3.8) is 0 Å². The number of anilines is 2. The Morgan fingerprint density at radius 3 is 2.28 bits per heavy atom. The van der Waals surface area contributed by atoms with Crippen LogP contribution in [0.4, 0.5) is 15.8 Å². The number of amides is 3. The van der Waals surface area contributed by atoms with Crippen LogP contribution >= 0.6 is 0 Å². The van der Waals surface area contributed by atoms with E-state index >= 15 is 4.39 Å². The maximum absolute atomic E-state index is 15.1. The number of ether oxygens (including phenoxy) is 2. The van der Waals surface area contributed by atoms with Crippen molar-refractivity contribution in [2.75, 3.05) is 16.4 Å². The van der Waals surface area contributed by atoms with Crippen LogP contribution < -0.4 is 14.5 Å². The van der Waals surface area contributed by atoms with Crippen molar-refractivity contribution in [3.8, 4) is 5.75 Å². The van der Waals surface area contributed by atoms with Crippen molar-refractivity contribution in [1.29, 1.82) is 0 Å². The molecule has 1 aliphatic carbocycles. The number of rotatable bonds is 4. The minimum absolute atomic E-state index is 0.0348. The van der Waals surface area contributed by atoms with Gasteiger partial charge in [-0.15, -0.1) is 0 Å². The Morgan fingerprint density at radius 2 is 1.72 bits per heavy atom. The van der Waals surface area contributed by atoms with Gasteiger partial charge in [-0.3, -0.25) is 19.3 Å². The Labute approximate surface area is 184 Å². The number of carbonyl (C=O) groups is 4. The lowest BCUT2D eigenvalue weighted by atomic mass is 9.93. The van der Waals surface area contributed by atoms with Crippen molar-refractivity contribution in [1.82, 2.24) is 0 Å². The van der Waals surface area contributed by atoms with Crippen LogP contribution in [0.15, 0.2) is 23.3 Å². The quantitative estimate of drug-likeness (QED) is 0.524. The molecule has 0 bridgehead atoms. The first-order chi connectivity index (χ1) is 15.1.